The number of hydrogen-bond acceptors (Lipinski definition) is 5. The molecule has 7 aromatic rings. The van der Waals surface area contributed by atoms with Crippen molar-refractivity contribution >= 4 is 55.8 Å². The molecule has 7 rings (SSSR count). The molecule has 7 nitrogen and oxygen atoms in total. The normalized spacial score (nSPS) is 11.4. The molecule has 3 heterocycles. The fourth-order valence-electron chi connectivity index (χ4n) is 5.36. The van der Waals surface area contributed by atoms with Gasteiger partial charge in [0.2, 0.25) is 0 Å². The van der Waals surface area contributed by atoms with Crippen molar-refractivity contribution in [2.45, 2.75) is 13.2 Å². The summed E-state index contributed by atoms with van der Waals surface area (Å²) in [6, 6.07) is 32.9. The summed E-state index contributed by atoms with van der Waals surface area (Å²) in [6.45, 7) is 0.0582. The summed E-state index contributed by atoms with van der Waals surface area (Å²) >= 11 is 0. The lowest BCUT2D eigenvalue weighted by Gasteiger charge is -2.10. The molecule has 0 saturated carbocycles. The van der Waals surface area contributed by atoms with Crippen LogP contribution >= 0.6 is 0 Å². The fraction of sp³-hybridized carbons (Fsp3) is 0.0606. The van der Waals surface area contributed by atoms with Crippen molar-refractivity contribution in [3.8, 4) is 0 Å². The van der Waals surface area contributed by atoms with Gasteiger partial charge in [0.25, 0.3) is 0 Å². The zero-order chi connectivity index (χ0) is 27.1. The van der Waals surface area contributed by atoms with Gasteiger partial charge in [0, 0.05) is 45.1 Å². The quantitative estimate of drug-likeness (QED) is 0.236. The largest absolute Gasteiger partial charge is 0.444 e. The number of carbonyl (C=O) groups is 2. The second kappa shape index (κ2) is 9.71. The molecule has 0 N–H and O–H groups in total. The van der Waals surface area contributed by atoms with E-state index in [-0.39, 0.29) is 13.2 Å². The van der Waals surface area contributed by atoms with E-state index in [1.165, 1.54) is 0 Å². The molecular formula is C33H23N3O4. The molecule has 40 heavy (non-hydrogen) atoms. The van der Waals surface area contributed by atoms with Gasteiger partial charge in [-0.3, -0.25) is 4.98 Å². The van der Waals surface area contributed by atoms with Gasteiger partial charge in [0.15, 0.2) is 0 Å². The van der Waals surface area contributed by atoms with Crippen molar-refractivity contribution in [2.24, 2.45) is 0 Å². The molecule has 0 unspecified atom stereocenters. The molecule has 7 heteroatoms. The average Bonchev–Trinajstić information content (AvgIpc) is 3.52. The number of hydrogen-bond donors (Lipinski definition) is 0. The Bertz CT molecular complexity index is 1820. The first-order valence-corrected chi connectivity index (χ1v) is 12.9. The summed E-state index contributed by atoms with van der Waals surface area (Å²) in [7, 11) is 0. The van der Waals surface area contributed by atoms with Crippen molar-refractivity contribution in [1.29, 1.82) is 0 Å². The maximum atomic E-state index is 13.2. The van der Waals surface area contributed by atoms with Crippen LogP contribution in [0.4, 0.5) is 9.59 Å². The standard InChI is InChI=1S/C33H23N3O4/c37-32(35-28-13-5-1-9-24(28)25-10-2-6-14-29(25)35)39-20-22-17-23(19-34-18-22)21-40-33(38)36-30-15-7-3-11-26(30)27-12-4-8-16-31(27)36/h1-19H,20-21H2. The first kappa shape index (κ1) is 23.7. The van der Waals surface area contributed by atoms with Crippen molar-refractivity contribution in [2.75, 3.05) is 0 Å². The van der Waals surface area contributed by atoms with E-state index >= 15 is 0 Å². The maximum absolute atomic E-state index is 13.2. The third kappa shape index (κ3) is 3.96. The second-order valence-electron chi connectivity index (χ2n) is 9.55. The third-order valence-electron chi connectivity index (χ3n) is 7.10. The molecule has 3 aromatic heterocycles. The molecular weight excluding hydrogens is 502 g/mol. The molecule has 0 saturated heterocycles. The highest BCUT2D eigenvalue weighted by atomic mass is 16.6. The SMILES string of the molecule is O=C(OCc1cncc(COC(=O)n2c3ccccc3c3ccccc32)c1)n1c2ccccc2c2ccccc21. The summed E-state index contributed by atoms with van der Waals surface area (Å²) in [4.78, 5) is 30.7. The van der Waals surface area contributed by atoms with Gasteiger partial charge >= 0.3 is 12.2 Å². The van der Waals surface area contributed by atoms with E-state index in [1.807, 2.05) is 103 Å². The highest BCUT2D eigenvalue weighted by molar-refractivity contribution is 6.13. The van der Waals surface area contributed by atoms with Crippen LogP contribution in [0.1, 0.15) is 11.1 Å². The number of para-hydroxylation sites is 4. The van der Waals surface area contributed by atoms with Gasteiger partial charge in [-0.05, 0) is 30.3 Å². The van der Waals surface area contributed by atoms with Crippen LogP contribution in [0, 0.1) is 0 Å². The Hall–Kier alpha value is -5.43. The van der Waals surface area contributed by atoms with Crippen molar-refractivity contribution < 1.29 is 19.1 Å². The number of rotatable bonds is 4. The molecule has 0 bridgehead atoms. The van der Waals surface area contributed by atoms with Crippen LogP contribution in [-0.4, -0.2) is 26.3 Å². The van der Waals surface area contributed by atoms with Crippen LogP contribution in [0.2, 0.25) is 0 Å². The molecule has 0 radical (unpaired) electrons. The smallest absolute Gasteiger partial charge is 0.419 e. The first-order chi connectivity index (χ1) is 19.7. The van der Waals surface area contributed by atoms with Crippen LogP contribution in [-0.2, 0) is 22.7 Å². The van der Waals surface area contributed by atoms with Crippen LogP contribution in [0.3, 0.4) is 0 Å². The Morgan fingerprint density at radius 1 is 0.525 bits per heavy atom. The summed E-state index contributed by atoms with van der Waals surface area (Å²) in [5.74, 6) is 0. The Morgan fingerprint density at radius 2 is 0.850 bits per heavy atom. The molecule has 194 valence electrons. The molecule has 0 atom stereocenters. The first-order valence-electron chi connectivity index (χ1n) is 12.9. The maximum Gasteiger partial charge on any atom is 0.419 e. The molecule has 0 aliphatic heterocycles. The van der Waals surface area contributed by atoms with E-state index < -0.39 is 12.2 Å². The Balaban J connectivity index is 1.08. The third-order valence-corrected chi connectivity index (χ3v) is 7.10. The van der Waals surface area contributed by atoms with Gasteiger partial charge in [0.05, 0.1) is 22.1 Å². The zero-order valence-corrected chi connectivity index (χ0v) is 21.4. The predicted octanol–water partition coefficient (Wildman–Crippen LogP) is 7.67. The highest BCUT2D eigenvalue weighted by Gasteiger charge is 2.18. The molecule has 0 aliphatic rings. The summed E-state index contributed by atoms with van der Waals surface area (Å²) in [5.41, 5.74) is 4.55. The van der Waals surface area contributed by atoms with Gasteiger partial charge in [0.1, 0.15) is 13.2 Å². The van der Waals surface area contributed by atoms with Crippen LogP contribution in [0.5, 0.6) is 0 Å². The summed E-state index contributed by atoms with van der Waals surface area (Å²) in [6.07, 6.45) is 2.33. The topological polar surface area (TPSA) is 75.4 Å². The lowest BCUT2D eigenvalue weighted by molar-refractivity contribution is 0.142. The highest BCUT2D eigenvalue weighted by Crippen LogP contribution is 2.30. The Morgan fingerprint density at radius 3 is 1.20 bits per heavy atom. The number of ether oxygens (including phenoxy) is 2. The minimum absolute atomic E-state index is 0.0291. The van der Waals surface area contributed by atoms with Crippen LogP contribution in [0.15, 0.2) is 116 Å². The van der Waals surface area contributed by atoms with E-state index in [2.05, 4.69) is 4.98 Å². The number of carbonyl (C=O) groups excluding carboxylic acids is 2. The van der Waals surface area contributed by atoms with Gasteiger partial charge in [-0.1, -0.05) is 72.8 Å². The van der Waals surface area contributed by atoms with E-state index in [9.17, 15) is 9.59 Å². The van der Waals surface area contributed by atoms with Gasteiger partial charge < -0.3 is 9.47 Å². The van der Waals surface area contributed by atoms with Gasteiger partial charge in [-0.15, -0.1) is 0 Å². The summed E-state index contributed by atoms with van der Waals surface area (Å²) < 4.78 is 14.6. The van der Waals surface area contributed by atoms with Gasteiger partial charge in [-0.25, -0.2) is 18.7 Å². The predicted molar refractivity (Wildman–Crippen MR) is 154 cm³/mol. The molecule has 0 aliphatic carbocycles. The second-order valence-corrected chi connectivity index (χ2v) is 9.55. The number of pyridine rings is 1. The zero-order valence-electron chi connectivity index (χ0n) is 21.4. The lowest BCUT2D eigenvalue weighted by atomic mass is 10.2. The Labute approximate surface area is 228 Å². The molecule has 0 fully saturated rings. The van der Waals surface area contributed by atoms with Crippen molar-refractivity contribution in [1.82, 2.24) is 14.1 Å². The fourth-order valence-corrected chi connectivity index (χ4v) is 5.36. The van der Waals surface area contributed by atoms with Crippen LogP contribution < -0.4 is 0 Å². The van der Waals surface area contributed by atoms with E-state index in [0.717, 1.165) is 43.6 Å². The number of aromatic nitrogens is 3. The van der Waals surface area contributed by atoms with E-state index in [4.69, 9.17) is 9.47 Å². The molecule has 0 amide bonds. The van der Waals surface area contributed by atoms with Crippen LogP contribution in [0.25, 0.3) is 43.6 Å². The number of fused-ring (bicyclic) bond motifs is 6. The summed E-state index contributed by atoms with van der Waals surface area (Å²) in [5, 5.41) is 3.96. The molecule has 0 spiro atoms. The van der Waals surface area contributed by atoms with Crippen molar-refractivity contribution in [3.05, 3.63) is 127 Å². The lowest BCUT2D eigenvalue weighted by Crippen LogP contribution is -2.14. The van der Waals surface area contributed by atoms with E-state index in [1.54, 1.807) is 21.5 Å². The average molecular weight is 526 g/mol. The Kier molecular flexibility index (Phi) is 5.74. The number of benzene rings is 4. The molecule has 4 aromatic carbocycles. The number of nitrogens with zero attached hydrogens (tertiary/aromatic N) is 3. The minimum atomic E-state index is -0.472. The van der Waals surface area contributed by atoms with Gasteiger partial charge in [-0.2, -0.15) is 0 Å². The van der Waals surface area contributed by atoms with Crippen molar-refractivity contribution in [3.63, 3.8) is 0 Å². The van der Waals surface area contributed by atoms with E-state index in [0.29, 0.717) is 11.1 Å². The monoisotopic (exact) mass is 525 g/mol. The minimum Gasteiger partial charge on any atom is -0.444 e.